The van der Waals surface area contributed by atoms with Gasteiger partial charge in [-0.1, -0.05) is 6.07 Å². The summed E-state index contributed by atoms with van der Waals surface area (Å²) in [5, 5.41) is 12.5. The van der Waals surface area contributed by atoms with Crippen LogP contribution in [-0.2, 0) is 16.1 Å². The van der Waals surface area contributed by atoms with Gasteiger partial charge in [0.05, 0.1) is 19.6 Å². The highest BCUT2D eigenvalue weighted by Gasteiger charge is 2.35. The largest absolute Gasteiger partial charge is 0.504 e. The fourth-order valence-electron chi connectivity index (χ4n) is 1.99. The van der Waals surface area contributed by atoms with Gasteiger partial charge in [-0.15, -0.1) is 0 Å². The summed E-state index contributed by atoms with van der Waals surface area (Å²) in [7, 11) is 2.95. The average Bonchev–Trinajstić information content (AvgIpc) is 2.65. The minimum atomic E-state index is -0.475. The SMILES string of the molecule is COc1cc(CNC2CC(=O)N(C)C2=O)ccc1O. The standard InChI is InChI=1S/C13H16N2O4/c1-15-12(17)6-9(13(15)18)14-7-8-3-4-10(16)11(5-8)19-2/h3-5,9,14,16H,6-7H2,1-2H3. The number of hydrogen-bond acceptors (Lipinski definition) is 5. The van der Waals surface area contributed by atoms with E-state index in [-0.39, 0.29) is 24.0 Å². The molecule has 0 radical (unpaired) electrons. The maximum Gasteiger partial charge on any atom is 0.246 e. The number of carbonyl (C=O) groups is 2. The number of hydrogen-bond donors (Lipinski definition) is 2. The first-order valence-corrected chi connectivity index (χ1v) is 5.92. The van der Waals surface area contributed by atoms with E-state index in [0.29, 0.717) is 12.3 Å². The van der Waals surface area contributed by atoms with Crippen molar-refractivity contribution in [3.63, 3.8) is 0 Å². The van der Waals surface area contributed by atoms with E-state index in [1.807, 2.05) is 0 Å². The average molecular weight is 264 g/mol. The van der Waals surface area contributed by atoms with E-state index in [9.17, 15) is 14.7 Å². The number of aromatic hydroxyl groups is 1. The van der Waals surface area contributed by atoms with E-state index >= 15 is 0 Å². The molecule has 0 spiro atoms. The number of imide groups is 1. The molecule has 6 heteroatoms. The molecule has 102 valence electrons. The molecule has 1 aromatic rings. The van der Waals surface area contributed by atoms with Gasteiger partial charge in [0.2, 0.25) is 11.8 Å². The number of ether oxygens (including phenoxy) is 1. The van der Waals surface area contributed by atoms with Crippen molar-refractivity contribution in [1.29, 1.82) is 0 Å². The maximum absolute atomic E-state index is 11.7. The zero-order chi connectivity index (χ0) is 14.0. The second-order valence-corrected chi connectivity index (χ2v) is 4.43. The third kappa shape index (κ3) is 2.68. The summed E-state index contributed by atoms with van der Waals surface area (Å²) in [4.78, 5) is 24.2. The third-order valence-corrected chi connectivity index (χ3v) is 3.18. The number of nitrogens with one attached hydrogen (secondary N) is 1. The Hall–Kier alpha value is -2.08. The van der Waals surface area contributed by atoms with Gasteiger partial charge < -0.3 is 15.2 Å². The molecule has 1 heterocycles. The van der Waals surface area contributed by atoms with Crippen molar-refractivity contribution >= 4 is 11.8 Å². The molecule has 1 unspecified atom stereocenters. The predicted octanol–water partition coefficient (Wildman–Crippen LogP) is 0.248. The summed E-state index contributed by atoms with van der Waals surface area (Å²) in [6, 6.07) is 4.48. The van der Waals surface area contributed by atoms with E-state index < -0.39 is 6.04 Å². The molecule has 0 saturated carbocycles. The molecule has 2 amide bonds. The molecule has 1 aliphatic rings. The number of benzene rings is 1. The molecule has 1 aliphatic heterocycles. The molecule has 0 aliphatic carbocycles. The number of phenolic OH excluding ortho intramolecular Hbond substituents is 1. The van der Waals surface area contributed by atoms with Gasteiger partial charge in [0.25, 0.3) is 0 Å². The number of amides is 2. The topological polar surface area (TPSA) is 78.9 Å². The van der Waals surface area contributed by atoms with Crippen molar-refractivity contribution in [2.24, 2.45) is 0 Å². The van der Waals surface area contributed by atoms with Crippen LogP contribution in [0.4, 0.5) is 0 Å². The van der Waals surface area contributed by atoms with Crippen LogP contribution < -0.4 is 10.1 Å². The first-order valence-electron chi connectivity index (χ1n) is 5.92. The van der Waals surface area contributed by atoms with Crippen molar-refractivity contribution in [2.75, 3.05) is 14.2 Å². The third-order valence-electron chi connectivity index (χ3n) is 3.18. The normalized spacial score (nSPS) is 19.1. The molecular weight excluding hydrogens is 248 g/mol. The Labute approximate surface area is 111 Å². The van der Waals surface area contributed by atoms with Crippen molar-refractivity contribution in [3.8, 4) is 11.5 Å². The molecule has 2 rings (SSSR count). The van der Waals surface area contributed by atoms with Gasteiger partial charge in [-0.05, 0) is 17.7 Å². The lowest BCUT2D eigenvalue weighted by Gasteiger charge is -2.12. The van der Waals surface area contributed by atoms with Gasteiger partial charge in [-0.25, -0.2) is 0 Å². The number of carbonyl (C=O) groups excluding carboxylic acids is 2. The van der Waals surface area contributed by atoms with Crippen LogP contribution in [0.2, 0.25) is 0 Å². The summed E-state index contributed by atoms with van der Waals surface area (Å²) in [6.45, 7) is 0.425. The monoisotopic (exact) mass is 264 g/mol. The Morgan fingerprint density at radius 2 is 2.21 bits per heavy atom. The van der Waals surface area contributed by atoms with Crippen molar-refractivity contribution in [2.45, 2.75) is 19.0 Å². The zero-order valence-corrected chi connectivity index (χ0v) is 10.8. The van der Waals surface area contributed by atoms with Crippen LogP contribution in [-0.4, -0.2) is 42.0 Å². The molecule has 1 saturated heterocycles. The van der Waals surface area contributed by atoms with Gasteiger partial charge in [-0.2, -0.15) is 0 Å². The van der Waals surface area contributed by atoms with E-state index in [1.54, 1.807) is 12.1 Å². The summed E-state index contributed by atoms with van der Waals surface area (Å²) < 4.78 is 5.01. The Kier molecular flexibility index (Phi) is 3.71. The number of likely N-dealkylation sites (N-methyl/N-ethyl adjacent to an activating group) is 1. The lowest BCUT2D eigenvalue weighted by Crippen LogP contribution is -2.36. The smallest absolute Gasteiger partial charge is 0.246 e. The van der Waals surface area contributed by atoms with Crippen molar-refractivity contribution in [1.82, 2.24) is 10.2 Å². The highest BCUT2D eigenvalue weighted by molar-refractivity contribution is 6.05. The molecule has 1 aromatic carbocycles. The summed E-state index contributed by atoms with van der Waals surface area (Å²) in [6.07, 6.45) is 0.185. The van der Waals surface area contributed by atoms with Crippen molar-refractivity contribution in [3.05, 3.63) is 23.8 Å². The van der Waals surface area contributed by atoms with Crippen LogP contribution in [0.5, 0.6) is 11.5 Å². The number of nitrogens with zero attached hydrogens (tertiary/aromatic N) is 1. The lowest BCUT2D eigenvalue weighted by atomic mass is 10.1. The molecule has 0 aromatic heterocycles. The number of phenols is 1. The second-order valence-electron chi connectivity index (χ2n) is 4.43. The van der Waals surface area contributed by atoms with Gasteiger partial charge in [0.1, 0.15) is 0 Å². The lowest BCUT2D eigenvalue weighted by molar-refractivity contribution is -0.137. The minimum Gasteiger partial charge on any atom is -0.504 e. The van der Waals surface area contributed by atoms with E-state index in [0.717, 1.165) is 10.5 Å². The predicted molar refractivity (Wildman–Crippen MR) is 67.7 cm³/mol. The van der Waals surface area contributed by atoms with Gasteiger partial charge in [-0.3, -0.25) is 14.5 Å². The molecule has 0 bridgehead atoms. The second kappa shape index (κ2) is 5.27. The summed E-state index contributed by atoms with van der Waals surface area (Å²) in [5.74, 6) is 0.0601. The maximum atomic E-state index is 11.7. The highest BCUT2D eigenvalue weighted by atomic mass is 16.5. The number of methoxy groups -OCH3 is 1. The van der Waals surface area contributed by atoms with Crippen LogP contribution in [0.25, 0.3) is 0 Å². The minimum absolute atomic E-state index is 0.0677. The molecule has 19 heavy (non-hydrogen) atoms. The van der Waals surface area contributed by atoms with E-state index in [1.165, 1.54) is 20.2 Å². The zero-order valence-electron chi connectivity index (χ0n) is 10.8. The molecule has 6 nitrogen and oxygen atoms in total. The van der Waals surface area contributed by atoms with Crippen LogP contribution in [0.1, 0.15) is 12.0 Å². The Balaban J connectivity index is 2.00. The molecule has 1 atom stereocenters. The van der Waals surface area contributed by atoms with Crippen LogP contribution >= 0.6 is 0 Å². The fourth-order valence-corrected chi connectivity index (χ4v) is 1.99. The Bertz CT molecular complexity index is 515. The van der Waals surface area contributed by atoms with Crippen LogP contribution in [0.15, 0.2) is 18.2 Å². The highest BCUT2D eigenvalue weighted by Crippen LogP contribution is 2.26. The van der Waals surface area contributed by atoms with Crippen LogP contribution in [0, 0.1) is 0 Å². The molecule has 2 N–H and O–H groups in total. The Morgan fingerprint density at radius 1 is 1.47 bits per heavy atom. The van der Waals surface area contributed by atoms with Gasteiger partial charge >= 0.3 is 0 Å². The Morgan fingerprint density at radius 3 is 2.79 bits per heavy atom. The summed E-state index contributed by atoms with van der Waals surface area (Å²) in [5.41, 5.74) is 0.865. The first-order chi connectivity index (χ1) is 9.02. The number of likely N-dealkylation sites (tertiary alicyclic amines) is 1. The molecular formula is C13H16N2O4. The number of rotatable bonds is 4. The van der Waals surface area contributed by atoms with Crippen molar-refractivity contribution < 1.29 is 19.4 Å². The van der Waals surface area contributed by atoms with E-state index in [2.05, 4.69) is 5.32 Å². The first kappa shape index (κ1) is 13.4. The van der Waals surface area contributed by atoms with Gasteiger partial charge in [0, 0.05) is 13.6 Å². The van der Waals surface area contributed by atoms with Gasteiger partial charge in [0.15, 0.2) is 11.5 Å². The quantitative estimate of drug-likeness (QED) is 0.762. The summed E-state index contributed by atoms with van der Waals surface area (Å²) >= 11 is 0. The van der Waals surface area contributed by atoms with E-state index in [4.69, 9.17) is 4.74 Å². The molecule has 1 fully saturated rings. The fraction of sp³-hybridized carbons (Fsp3) is 0.385. The van der Waals surface area contributed by atoms with Crippen LogP contribution in [0.3, 0.4) is 0 Å².